The highest BCUT2D eigenvalue weighted by atomic mass is 35.5. The SMILES string of the molecule is CC(=O)NC1CC(C)CN(C2CC(C(=O)Nc3cc(NC(/C=C(\N)c4cc(Cl)ccc4F)=C(/N)S)ccn3)C2)C1. The normalized spacial score (nSPS) is 24.0. The van der Waals surface area contributed by atoms with E-state index in [1.165, 1.54) is 24.3 Å². The van der Waals surface area contributed by atoms with Gasteiger partial charge in [-0.1, -0.05) is 18.5 Å². The quantitative estimate of drug-likeness (QED) is 0.203. The molecule has 0 bridgehead atoms. The van der Waals surface area contributed by atoms with E-state index in [1.54, 1.807) is 25.3 Å². The van der Waals surface area contributed by atoms with Gasteiger partial charge in [-0.25, -0.2) is 9.37 Å². The summed E-state index contributed by atoms with van der Waals surface area (Å²) in [7, 11) is 0. The molecular formula is C28H35ClFN7O2S. The van der Waals surface area contributed by atoms with Gasteiger partial charge in [0.2, 0.25) is 11.8 Å². The van der Waals surface area contributed by atoms with Crippen molar-refractivity contribution in [3.05, 3.63) is 69.7 Å². The molecule has 1 aliphatic carbocycles. The lowest BCUT2D eigenvalue weighted by molar-refractivity contribution is -0.125. The fourth-order valence-corrected chi connectivity index (χ4v) is 5.56. The van der Waals surface area contributed by atoms with Crippen molar-refractivity contribution in [2.45, 2.75) is 45.2 Å². The Morgan fingerprint density at radius 2 is 1.90 bits per heavy atom. The van der Waals surface area contributed by atoms with Gasteiger partial charge in [-0.05, 0) is 55.5 Å². The summed E-state index contributed by atoms with van der Waals surface area (Å²) in [5.41, 5.74) is 13.2. The van der Waals surface area contributed by atoms with Crippen LogP contribution in [0.25, 0.3) is 5.70 Å². The van der Waals surface area contributed by atoms with Crippen LogP contribution in [0.5, 0.6) is 0 Å². The van der Waals surface area contributed by atoms with Gasteiger partial charge in [0, 0.05) is 72.2 Å². The molecule has 1 aromatic heterocycles. The molecule has 2 fully saturated rings. The molecule has 2 atom stereocenters. The number of rotatable bonds is 8. The summed E-state index contributed by atoms with van der Waals surface area (Å²) in [6, 6.07) is 7.92. The van der Waals surface area contributed by atoms with Crippen LogP contribution in [0.4, 0.5) is 15.9 Å². The number of nitrogens with zero attached hydrogens (tertiary/aromatic N) is 2. The molecule has 2 amide bonds. The number of nitrogens with two attached hydrogens (primary N) is 2. The zero-order valence-corrected chi connectivity index (χ0v) is 24.1. The van der Waals surface area contributed by atoms with Gasteiger partial charge < -0.3 is 27.4 Å². The van der Waals surface area contributed by atoms with Gasteiger partial charge in [0.1, 0.15) is 11.6 Å². The van der Waals surface area contributed by atoms with Crippen molar-refractivity contribution in [3.63, 3.8) is 0 Å². The number of nitrogens with one attached hydrogen (secondary N) is 3. The van der Waals surface area contributed by atoms with Crippen LogP contribution in [-0.4, -0.2) is 46.9 Å². The Bertz CT molecular complexity index is 1330. The molecular weight excluding hydrogens is 553 g/mol. The van der Waals surface area contributed by atoms with Crippen molar-refractivity contribution >= 4 is 53.2 Å². The third-order valence-electron chi connectivity index (χ3n) is 7.20. The molecule has 1 aromatic carbocycles. The highest BCUT2D eigenvalue weighted by Gasteiger charge is 2.40. The number of piperidine rings is 1. The number of aromatic nitrogens is 1. The number of thiol groups is 1. The summed E-state index contributed by atoms with van der Waals surface area (Å²) in [5.74, 6) is 0.129. The maximum absolute atomic E-state index is 14.2. The molecule has 1 saturated heterocycles. The van der Waals surface area contributed by atoms with Crippen molar-refractivity contribution in [3.8, 4) is 0 Å². The Balaban J connectivity index is 1.35. The average Bonchev–Trinajstić information content (AvgIpc) is 2.83. The van der Waals surface area contributed by atoms with E-state index in [4.69, 9.17) is 23.1 Å². The molecule has 4 rings (SSSR count). The first-order chi connectivity index (χ1) is 19.0. The predicted octanol–water partition coefficient (Wildman–Crippen LogP) is 3.91. The molecule has 0 spiro atoms. The zero-order valence-electron chi connectivity index (χ0n) is 22.5. The van der Waals surface area contributed by atoms with E-state index in [9.17, 15) is 14.0 Å². The number of halogens is 2. The average molecular weight is 588 g/mol. The monoisotopic (exact) mass is 587 g/mol. The molecule has 214 valence electrons. The lowest BCUT2D eigenvalue weighted by Crippen LogP contribution is -2.57. The Hall–Kier alpha value is -3.28. The number of carbonyl (C=O) groups excluding carboxylic acids is 2. The fraction of sp³-hybridized carbons (Fsp3) is 0.393. The van der Waals surface area contributed by atoms with Crippen LogP contribution in [0.2, 0.25) is 5.02 Å². The minimum absolute atomic E-state index is 0.0108. The maximum Gasteiger partial charge on any atom is 0.228 e. The number of anilines is 2. The Morgan fingerprint density at radius 1 is 1.15 bits per heavy atom. The van der Waals surface area contributed by atoms with Crippen LogP contribution in [0.1, 0.15) is 38.7 Å². The minimum atomic E-state index is -0.523. The van der Waals surface area contributed by atoms with Crippen molar-refractivity contribution in [2.75, 3.05) is 23.7 Å². The lowest BCUT2D eigenvalue weighted by atomic mass is 9.77. The van der Waals surface area contributed by atoms with E-state index in [2.05, 4.69) is 45.4 Å². The summed E-state index contributed by atoms with van der Waals surface area (Å²) in [6.07, 6.45) is 5.50. The summed E-state index contributed by atoms with van der Waals surface area (Å²) in [5, 5.41) is 9.50. The van der Waals surface area contributed by atoms with Crippen LogP contribution in [-0.2, 0) is 9.59 Å². The van der Waals surface area contributed by atoms with Crippen LogP contribution in [0, 0.1) is 17.7 Å². The van der Waals surface area contributed by atoms with Crippen molar-refractivity contribution in [1.82, 2.24) is 15.2 Å². The van der Waals surface area contributed by atoms with Gasteiger partial charge in [-0.3, -0.25) is 14.5 Å². The van der Waals surface area contributed by atoms with Gasteiger partial charge in [-0.2, -0.15) is 0 Å². The highest BCUT2D eigenvalue weighted by molar-refractivity contribution is 7.84. The van der Waals surface area contributed by atoms with E-state index >= 15 is 0 Å². The predicted molar refractivity (Wildman–Crippen MR) is 160 cm³/mol. The smallest absolute Gasteiger partial charge is 0.228 e. The summed E-state index contributed by atoms with van der Waals surface area (Å²) >= 11 is 10.2. The molecule has 0 radical (unpaired) electrons. The number of hydrogen-bond acceptors (Lipinski definition) is 8. The van der Waals surface area contributed by atoms with Gasteiger partial charge in [0.25, 0.3) is 0 Å². The number of allylic oxidation sites excluding steroid dienone is 1. The topological polar surface area (TPSA) is 138 Å². The van der Waals surface area contributed by atoms with Gasteiger partial charge in [-0.15, -0.1) is 12.6 Å². The van der Waals surface area contributed by atoms with Crippen LogP contribution >= 0.6 is 24.2 Å². The number of carbonyl (C=O) groups is 2. The van der Waals surface area contributed by atoms with Crippen LogP contribution < -0.4 is 27.4 Å². The molecule has 2 unspecified atom stereocenters. The van der Waals surface area contributed by atoms with E-state index in [1.807, 2.05) is 0 Å². The lowest BCUT2D eigenvalue weighted by Gasteiger charge is -2.47. The van der Waals surface area contributed by atoms with Crippen molar-refractivity contribution in [1.29, 1.82) is 0 Å². The summed E-state index contributed by atoms with van der Waals surface area (Å²) < 4.78 is 14.2. The first-order valence-corrected chi connectivity index (χ1v) is 14.0. The van der Waals surface area contributed by atoms with Crippen LogP contribution in [0.15, 0.2) is 53.3 Å². The zero-order chi connectivity index (χ0) is 29.0. The third kappa shape index (κ3) is 7.67. The van der Waals surface area contributed by atoms with E-state index in [0.717, 1.165) is 32.4 Å². The number of benzene rings is 1. The second kappa shape index (κ2) is 12.9. The largest absolute Gasteiger partial charge is 0.398 e. The number of amides is 2. The summed E-state index contributed by atoms with van der Waals surface area (Å²) in [6.45, 7) is 5.52. The first kappa shape index (κ1) is 29.7. The second-order valence-corrected chi connectivity index (χ2v) is 11.5. The molecule has 9 nitrogen and oxygen atoms in total. The van der Waals surface area contributed by atoms with Gasteiger partial charge in [0.15, 0.2) is 0 Å². The molecule has 2 heterocycles. The van der Waals surface area contributed by atoms with Gasteiger partial charge in [0.05, 0.1) is 10.7 Å². The first-order valence-electron chi connectivity index (χ1n) is 13.1. The summed E-state index contributed by atoms with van der Waals surface area (Å²) in [4.78, 5) is 31.1. The van der Waals surface area contributed by atoms with E-state index in [-0.39, 0.29) is 40.1 Å². The van der Waals surface area contributed by atoms with E-state index < -0.39 is 5.82 Å². The second-order valence-electron chi connectivity index (χ2n) is 10.6. The molecule has 12 heteroatoms. The number of likely N-dealkylation sites (tertiary alicyclic amines) is 1. The Labute approximate surface area is 244 Å². The fourth-order valence-electron chi connectivity index (χ4n) is 5.27. The number of pyridine rings is 1. The molecule has 7 N–H and O–H groups in total. The molecule has 2 aromatic rings. The standard InChI is InChI=1S/C28H35ClFN7O2S/c1-15-7-20(34-16(2)38)14-37(13-15)21-8-17(9-21)28(39)36-26-11-19(5-6-33-26)35-25(27(32)40)12-24(31)22-10-18(29)3-4-23(22)30/h3-6,10-12,15,17,20-21,40H,7-9,13-14,31-32H2,1-2H3,(H,34,38)(H2,33,35,36,39)/b24-12-,27-25-. The molecule has 1 aliphatic heterocycles. The molecule has 40 heavy (non-hydrogen) atoms. The maximum atomic E-state index is 14.2. The highest BCUT2D eigenvalue weighted by Crippen LogP contribution is 2.35. The van der Waals surface area contributed by atoms with Crippen LogP contribution in [0.3, 0.4) is 0 Å². The third-order valence-corrected chi connectivity index (χ3v) is 7.68. The van der Waals surface area contributed by atoms with Crippen molar-refractivity contribution < 1.29 is 14.0 Å². The molecule has 2 aliphatic rings. The van der Waals surface area contributed by atoms with E-state index in [0.29, 0.717) is 34.2 Å². The Morgan fingerprint density at radius 3 is 2.60 bits per heavy atom. The van der Waals surface area contributed by atoms with Gasteiger partial charge >= 0.3 is 0 Å². The molecule has 1 saturated carbocycles. The van der Waals surface area contributed by atoms with Crippen molar-refractivity contribution in [2.24, 2.45) is 23.3 Å². The Kier molecular flexibility index (Phi) is 9.60. The number of hydrogen-bond donors (Lipinski definition) is 6. The minimum Gasteiger partial charge on any atom is -0.398 e.